The zero-order valence-electron chi connectivity index (χ0n) is 17.0. The first-order valence-electron chi connectivity index (χ1n) is 10.5. The Kier molecular flexibility index (Phi) is 7.46. The minimum absolute atomic E-state index is 0.134. The number of para-hydroxylation sites is 1. The summed E-state index contributed by atoms with van der Waals surface area (Å²) in [5, 5.41) is 5.96. The highest BCUT2D eigenvalue weighted by molar-refractivity contribution is 6.04. The number of amides is 3. The zero-order chi connectivity index (χ0) is 20.6. The van der Waals surface area contributed by atoms with Crippen molar-refractivity contribution in [2.24, 2.45) is 0 Å². The summed E-state index contributed by atoms with van der Waals surface area (Å²) in [6, 6.07) is 7.35. The van der Waals surface area contributed by atoms with E-state index in [1.165, 1.54) is 0 Å². The SMILES string of the molecule is CCOC(=O)N1CC[NH+](CC(=O)Nc2ccccc2C(=O)NC2CCCC2)CC1. The van der Waals surface area contributed by atoms with E-state index < -0.39 is 0 Å². The minimum Gasteiger partial charge on any atom is -0.450 e. The summed E-state index contributed by atoms with van der Waals surface area (Å²) >= 11 is 0. The molecule has 29 heavy (non-hydrogen) atoms. The van der Waals surface area contributed by atoms with Crippen LogP contribution in [0.15, 0.2) is 24.3 Å². The molecule has 3 N–H and O–H groups in total. The van der Waals surface area contributed by atoms with E-state index in [0.717, 1.165) is 30.6 Å². The highest BCUT2D eigenvalue weighted by atomic mass is 16.6. The molecule has 2 fully saturated rings. The van der Waals surface area contributed by atoms with Gasteiger partial charge in [-0.25, -0.2) is 4.79 Å². The standard InChI is InChI=1S/C21H30N4O4/c1-2-29-21(28)25-13-11-24(12-14-25)15-19(26)23-18-10-6-5-9-17(18)20(27)22-16-7-3-4-8-16/h5-6,9-10,16H,2-4,7-8,11-15H2,1H3,(H,22,27)(H,23,26)/p+1. The summed E-state index contributed by atoms with van der Waals surface area (Å²) in [6.45, 7) is 4.97. The second-order valence-corrected chi connectivity index (χ2v) is 7.66. The van der Waals surface area contributed by atoms with Gasteiger partial charge in [-0.2, -0.15) is 0 Å². The number of piperazine rings is 1. The van der Waals surface area contributed by atoms with Crippen molar-refractivity contribution in [3.8, 4) is 0 Å². The average Bonchev–Trinajstić information content (AvgIpc) is 3.22. The van der Waals surface area contributed by atoms with Gasteiger partial charge >= 0.3 is 6.09 Å². The number of carbonyl (C=O) groups is 3. The number of benzene rings is 1. The number of carbonyl (C=O) groups excluding carboxylic acids is 3. The molecular formula is C21H31N4O4+. The molecule has 8 heteroatoms. The van der Waals surface area contributed by atoms with E-state index in [9.17, 15) is 14.4 Å². The molecule has 3 rings (SSSR count). The van der Waals surface area contributed by atoms with Crippen molar-refractivity contribution < 1.29 is 24.0 Å². The van der Waals surface area contributed by atoms with Gasteiger partial charge in [-0.15, -0.1) is 0 Å². The fourth-order valence-corrected chi connectivity index (χ4v) is 3.94. The van der Waals surface area contributed by atoms with Crippen molar-refractivity contribution in [2.45, 2.75) is 38.6 Å². The number of hydrogen-bond acceptors (Lipinski definition) is 4. The smallest absolute Gasteiger partial charge is 0.410 e. The quantitative estimate of drug-likeness (QED) is 0.651. The molecule has 1 aromatic carbocycles. The largest absolute Gasteiger partial charge is 0.450 e. The summed E-state index contributed by atoms with van der Waals surface area (Å²) in [6.07, 6.45) is 4.03. The third-order valence-electron chi connectivity index (χ3n) is 5.54. The Morgan fingerprint density at radius 1 is 1.14 bits per heavy atom. The fourth-order valence-electron chi connectivity index (χ4n) is 3.94. The maximum Gasteiger partial charge on any atom is 0.410 e. The number of anilines is 1. The lowest BCUT2D eigenvalue weighted by atomic mass is 10.1. The van der Waals surface area contributed by atoms with Gasteiger partial charge in [0, 0.05) is 6.04 Å². The van der Waals surface area contributed by atoms with Gasteiger partial charge in [0.25, 0.3) is 11.8 Å². The molecule has 158 valence electrons. The van der Waals surface area contributed by atoms with Crippen LogP contribution < -0.4 is 15.5 Å². The van der Waals surface area contributed by atoms with E-state index in [2.05, 4.69) is 10.6 Å². The maximum atomic E-state index is 12.6. The van der Waals surface area contributed by atoms with Crippen LogP contribution in [0.2, 0.25) is 0 Å². The Morgan fingerprint density at radius 3 is 2.52 bits per heavy atom. The molecule has 2 aliphatic rings. The molecular weight excluding hydrogens is 372 g/mol. The Balaban J connectivity index is 1.51. The van der Waals surface area contributed by atoms with Crippen molar-refractivity contribution >= 4 is 23.6 Å². The van der Waals surface area contributed by atoms with Crippen LogP contribution in [-0.2, 0) is 9.53 Å². The van der Waals surface area contributed by atoms with Gasteiger partial charge in [0.05, 0.1) is 44.0 Å². The van der Waals surface area contributed by atoms with Gasteiger partial charge in [-0.3, -0.25) is 14.5 Å². The van der Waals surface area contributed by atoms with Crippen molar-refractivity contribution in [1.29, 1.82) is 0 Å². The molecule has 1 heterocycles. The Hall–Kier alpha value is -2.61. The van der Waals surface area contributed by atoms with Gasteiger partial charge in [-0.1, -0.05) is 25.0 Å². The molecule has 1 aliphatic heterocycles. The van der Waals surface area contributed by atoms with E-state index in [0.29, 0.717) is 50.6 Å². The first-order chi connectivity index (χ1) is 14.1. The molecule has 3 amide bonds. The van der Waals surface area contributed by atoms with Crippen molar-refractivity contribution in [2.75, 3.05) is 44.6 Å². The molecule has 0 radical (unpaired) electrons. The monoisotopic (exact) mass is 403 g/mol. The lowest BCUT2D eigenvalue weighted by molar-refractivity contribution is -0.895. The van der Waals surface area contributed by atoms with Crippen LogP contribution in [0.4, 0.5) is 10.5 Å². The minimum atomic E-state index is -0.293. The van der Waals surface area contributed by atoms with Crippen LogP contribution in [0.1, 0.15) is 43.0 Å². The molecule has 0 atom stereocenters. The molecule has 1 saturated heterocycles. The van der Waals surface area contributed by atoms with Crippen LogP contribution in [0.25, 0.3) is 0 Å². The molecule has 1 aromatic rings. The highest BCUT2D eigenvalue weighted by Crippen LogP contribution is 2.20. The number of nitrogens with one attached hydrogen (secondary N) is 3. The molecule has 0 spiro atoms. The molecule has 1 aliphatic carbocycles. The average molecular weight is 404 g/mol. The second-order valence-electron chi connectivity index (χ2n) is 7.66. The Bertz CT molecular complexity index is 725. The Morgan fingerprint density at radius 2 is 1.83 bits per heavy atom. The van der Waals surface area contributed by atoms with E-state index in [-0.39, 0.29) is 23.9 Å². The van der Waals surface area contributed by atoms with Gasteiger partial charge in [0.15, 0.2) is 6.54 Å². The van der Waals surface area contributed by atoms with Crippen molar-refractivity contribution in [1.82, 2.24) is 10.2 Å². The van der Waals surface area contributed by atoms with Gasteiger partial charge in [0.1, 0.15) is 0 Å². The topological polar surface area (TPSA) is 92.2 Å². The lowest BCUT2D eigenvalue weighted by Crippen LogP contribution is -3.15. The van der Waals surface area contributed by atoms with Crippen molar-refractivity contribution in [3.05, 3.63) is 29.8 Å². The van der Waals surface area contributed by atoms with E-state index in [1.807, 2.05) is 6.07 Å². The predicted molar refractivity (Wildman–Crippen MR) is 109 cm³/mol. The zero-order valence-corrected chi connectivity index (χ0v) is 17.0. The third kappa shape index (κ3) is 5.93. The summed E-state index contributed by atoms with van der Waals surface area (Å²) in [4.78, 5) is 39.7. The van der Waals surface area contributed by atoms with Crippen LogP contribution in [0.5, 0.6) is 0 Å². The first-order valence-corrected chi connectivity index (χ1v) is 10.5. The van der Waals surface area contributed by atoms with Crippen LogP contribution >= 0.6 is 0 Å². The van der Waals surface area contributed by atoms with E-state index >= 15 is 0 Å². The van der Waals surface area contributed by atoms with Gasteiger partial charge < -0.3 is 20.3 Å². The maximum absolute atomic E-state index is 12.6. The number of hydrogen-bond donors (Lipinski definition) is 3. The number of nitrogens with zero attached hydrogens (tertiary/aromatic N) is 1. The normalized spacial score (nSPS) is 17.8. The molecule has 0 bridgehead atoms. The number of rotatable bonds is 6. The molecule has 0 aromatic heterocycles. The van der Waals surface area contributed by atoms with E-state index in [4.69, 9.17) is 4.74 Å². The number of quaternary nitrogens is 1. The van der Waals surface area contributed by atoms with Crippen LogP contribution in [-0.4, -0.2) is 68.2 Å². The first kappa shape index (κ1) is 21.1. The van der Waals surface area contributed by atoms with E-state index in [1.54, 1.807) is 30.0 Å². The number of ether oxygens (including phenoxy) is 1. The summed E-state index contributed by atoms with van der Waals surface area (Å²) in [7, 11) is 0. The van der Waals surface area contributed by atoms with Gasteiger partial charge in [0.2, 0.25) is 0 Å². The van der Waals surface area contributed by atoms with Gasteiger partial charge in [-0.05, 0) is 31.9 Å². The van der Waals surface area contributed by atoms with Crippen molar-refractivity contribution in [3.63, 3.8) is 0 Å². The summed E-state index contributed by atoms with van der Waals surface area (Å²) in [5.41, 5.74) is 1.03. The van der Waals surface area contributed by atoms with Crippen LogP contribution in [0, 0.1) is 0 Å². The molecule has 0 unspecified atom stereocenters. The predicted octanol–water partition coefficient (Wildman–Crippen LogP) is 0.655. The molecule has 1 saturated carbocycles. The second kappa shape index (κ2) is 10.2. The Labute approximate surface area is 171 Å². The fraction of sp³-hybridized carbons (Fsp3) is 0.571. The third-order valence-corrected chi connectivity index (χ3v) is 5.54. The highest BCUT2D eigenvalue weighted by Gasteiger charge is 2.26. The van der Waals surface area contributed by atoms with Crippen LogP contribution in [0.3, 0.4) is 0 Å². The molecule has 8 nitrogen and oxygen atoms in total. The summed E-state index contributed by atoms with van der Waals surface area (Å²) in [5.74, 6) is -0.270. The lowest BCUT2D eigenvalue weighted by Gasteiger charge is -2.31. The summed E-state index contributed by atoms with van der Waals surface area (Å²) < 4.78 is 5.02.